The summed E-state index contributed by atoms with van der Waals surface area (Å²) in [5.41, 5.74) is 0.135. The Morgan fingerprint density at radius 3 is 2.80 bits per heavy atom. The van der Waals surface area contributed by atoms with Crippen LogP contribution in [0.1, 0.15) is 19.3 Å². The van der Waals surface area contributed by atoms with Gasteiger partial charge in [-0.05, 0) is 45.5 Å². The number of nitrogens with zero attached hydrogens (tertiary/aromatic N) is 3. The van der Waals surface area contributed by atoms with Crippen LogP contribution < -0.4 is 9.62 Å². The number of benzene rings is 1. The molecule has 3 atom stereocenters. The van der Waals surface area contributed by atoms with E-state index in [1.165, 1.54) is 12.1 Å². The number of nitro groups is 1. The number of hydrogen-bond donors (Lipinski definition) is 2. The first kappa shape index (κ1) is 22.9. The minimum Gasteiger partial charge on any atom is -0.393 e. The second-order valence-electron chi connectivity index (χ2n) is 8.11. The van der Waals surface area contributed by atoms with Crippen LogP contribution >= 0.6 is 0 Å². The molecule has 0 radical (unpaired) electrons. The van der Waals surface area contributed by atoms with Crippen LogP contribution in [0, 0.1) is 16.0 Å². The first-order chi connectivity index (χ1) is 14.2. The van der Waals surface area contributed by atoms with Crippen molar-refractivity contribution in [3.63, 3.8) is 0 Å². The van der Waals surface area contributed by atoms with Crippen LogP contribution in [0.5, 0.6) is 0 Å². The highest BCUT2D eigenvalue weighted by atomic mass is 32.2. The van der Waals surface area contributed by atoms with Crippen molar-refractivity contribution in [3.05, 3.63) is 28.3 Å². The molecule has 30 heavy (non-hydrogen) atoms. The van der Waals surface area contributed by atoms with Gasteiger partial charge in [-0.15, -0.1) is 0 Å². The molecule has 10 nitrogen and oxygen atoms in total. The third-order valence-corrected chi connectivity index (χ3v) is 7.23. The Labute approximate surface area is 177 Å². The predicted molar refractivity (Wildman–Crippen MR) is 112 cm³/mol. The van der Waals surface area contributed by atoms with Crippen molar-refractivity contribution in [1.29, 1.82) is 0 Å². The second kappa shape index (κ2) is 9.56. The van der Waals surface area contributed by atoms with E-state index in [9.17, 15) is 23.6 Å². The lowest BCUT2D eigenvalue weighted by Crippen LogP contribution is -2.46. The average molecular weight is 443 g/mol. The Morgan fingerprint density at radius 1 is 1.37 bits per heavy atom. The molecule has 3 unspecified atom stereocenters. The first-order valence-corrected chi connectivity index (χ1v) is 11.6. The Kier molecular flexibility index (Phi) is 7.30. The molecular weight excluding hydrogens is 412 g/mol. The zero-order valence-electron chi connectivity index (χ0n) is 17.4. The van der Waals surface area contributed by atoms with Crippen LogP contribution in [-0.2, 0) is 14.8 Å². The third-order valence-electron chi connectivity index (χ3n) is 5.77. The maximum atomic E-state index is 12.6. The average Bonchev–Trinajstić information content (AvgIpc) is 3.16. The molecule has 2 aliphatic rings. The van der Waals surface area contributed by atoms with E-state index in [-0.39, 0.29) is 29.1 Å². The Hall–Kier alpha value is -1.79. The van der Waals surface area contributed by atoms with Crippen LogP contribution in [0.25, 0.3) is 0 Å². The van der Waals surface area contributed by atoms with E-state index in [0.29, 0.717) is 38.4 Å². The molecule has 0 saturated carbocycles. The molecule has 2 heterocycles. The number of anilines is 1. The normalized spacial score (nSPS) is 25.1. The summed E-state index contributed by atoms with van der Waals surface area (Å²) < 4.78 is 33.1. The minimum absolute atomic E-state index is 0.0836. The Balaban J connectivity index is 1.87. The lowest BCUT2D eigenvalue weighted by molar-refractivity contribution is -0.384. The van der Waals surface area contributed by atoms with Gasteiger partial charge >= 0.3 is 0 Å². The fourth-order valence-corrected chi connectivity index (χ4v) is 5.24. The summed E-state index contributed by atoms with van der Waals surface area (Å²) >= 11 is 0. The van der Waals surface area contributed by atoms with Gasteiger partial charge in [0.15, 0.2) is 0 Å². The van der Waals surface area contributed by atoms with Crippen molar-refractivity contribution in [1.82, 2.24) is 9.62 Å². The van der Waals surface area contributed by atoms with Gasteiger partial charge in [-0.25, -0.2) is 13.1 Å². The molecule has 0 aliphatic carbocycles. The molecule has 0 aromatic heterocycles. The maximum absolute atomic E-state index is 12.6. The predicted octanol–water partition coefficient (Wildman–Crippen LogP) is 0.801. The highest BCUT2D eigenvalue weighted by molar-refractivity contribution is 7.89. The number of nitrogens with one attached hydrogen (secondary N) is 1. The Bertz CT molecular complexity index is 863. The standard InChI is InChI=1S/C19H30N4O6S/c1-21(2)10-8-20-30(27,28)14-5-6-17(18(12-14)23(25)26)22-9-3-4-16(22)15-13-29-11-7-19(15)24/h5-6,12,15-16,19-20,24H,3-4,7-11,13H2,1-2H3. The number of rotatable bonds is 8. The lowest BCUT2D eigenvalue weighted by atomic mass is 9.89. The zero-order valence-corrected chi connectivity index (χ0v) is 18.2. The van der Waals surface area contributed by atoms with Gasteiger partial charge in [-0.2, -0.15) is 0 Å². The minimum atomic E-state index is -3.85. The van der Waals surface area contributed by atoms with E-state index >= 15 is 0 Å². The van der Waals surface area contributed by atoms with E-state index < -0.39 is 21.1 Å². The van der Waals surface area contributed by atoms with Crippen LogP contribution in [0.4, 0.5) is 11.4 Å². The molecule has 0 amide bonds. The first-order valence-electron chi connectivity index (χ1n) is 10.2. The van der Waals surface area contributed by atoms with Crippen LogP contribution in [0.3, 0.4) is 0 Å². The molecule has 3 rings (SSSR count). The Morgan fingerprint density at radius 2 is 2.13 bits per heavy atom. The lowest BCUT2D eigenvalue weighted by Gasteiger charge is -2.37. The fourth-order valence-electron chi connectivity index (χ4n) is 4.20. The molecule has 11 heteroatoms. The van der Waals surface area contributed by atoms with Crippen molar-refractivity contribution < 1.29 is 23.2 Å². The largest absolute Gasteiger partial charge is 0.393 e. The summed E-state index contributed by atoms with van der Waals surface area (Å²) in [5.74, 6) is -0.128. The monoisotopic (exact) mass is 442 g/mol. The summed E-state index contributed by atoms with van der Waals surface area (Å²) in [6.45, 7) is 2.26. The SMILES string of the molecule is CN(C)CCNS(=O)(=O)c1ccc(N2CCCC2C2COCCC2O)c([N+](=O)[O-])c1. The summed E-state index contributed by atoms with van der Waals surface area (Å²) in [6, 6.07) is 3.95. The topological polar surface area (TPSA) is 125 Å². The number of aliphatic hydroxyl groups excluding tert-OH is 1. The summed E-state index contributed by atoms with van der Waals surface area (Å²) in [4.78, 5) is 14.9. The van der Waals surface area contributed by atoms with Crippen molar-refractivity contribution >= 4 is 21.4 Å². The van der Waals surface area contributed by atoms with Gasteiger partial charge in [0, 0.05) is 44.3 Å². The van der Waals surface area contributed by atoms with E-state index in [2.05, 4.69) is 4.72 Å². The molecule has 2 saturated heterocycles. The third kappa shape index (κ3) is 5.09. The molecule has 2 N–H and O–H groups in total. The van der Waals surface area contributed by atoms with Gasteiger partial charge < -0.3 is 19.6 Å². The summed E-state index contributed by atoms with van der Waals surface area (Å²) in [6.07, 6.45) is 1.68. The number of ether oxygens (including phenoxy) is 1. The quantitative estimate of drug-likeness (QED) is 0.447. The summed E-state index contributed by atoms with van der Waals surface area (Å²) in [7, 11) is -0.199. The van der Waals surface area contributed by atoms with Crippen LogP contribution in [0.2, 0.25) is 0 Å². The van der Waals surface area contributed by atoms with E-state index in [0.717, 1.165) is 18.9 Å². The molecule has 1 aromatic rings. The van der Waals surface area contributed by atoms with Gasteiger partial charge in [0.05, 0.1) is 22.5 Å². The number of aliphatic hydroxyl groups is 1. The molecule has 2 aliphatic heterocycles. The second-order valence-corrected chi connectivity index (χ2v) is 9.87. The molecule has 1 aromatic carbocycles. The van der Waals surface area contributed by atoms with Crippen molar-refractivity contribution in [2.45, 2.75) is 36.3 Å². The maximum Gasteiger partial charge on any atom is 0.293 e. The fraction of sp³-hybridized carbons (Fsp3) is 0.684. The summed E-state index contributed by atoms with van der Waals surface area (Å²) in [5, 5.41) is 22.2. The molecule has 2 fully saturated rings. The van der Waals surface area contributed by atoms with Gasteiger partial charge in [-0.1, -0.05) is 0 Å². The number of sulfonamides is 1. The molecule has 168 valence electrons. The molecule has 0 spiro atoms. The highest BCUT2D eigenvalue weighted by Gasteiger charge is 2.39. The van der Waals surface area contributed by atoms with Crippen molar-refractivity contribution in [2.75, 3.05) is 51.8 Å². The van der Waals surface area contributed by atoms with Gasteiger partial charge in [-0.3, -0.25) is 10.1 Å². The van der Waals surface area contributed by atoms with Gasteiger partial charge in [0.1, 0.15) is 5.69 Å². The van der Waals surface area contributed by atoms with E-state index in [4.69, 9.17) is 4.74 Å². The molecular formula is C19H30N4O6S. The van der Waals surface area contributed by atoms with Crippen molar-refractivity contribution in [2.24, 2.45) is 5.92 Å². The van der Waals surface area contributed by atoms with E-state index in [1.807, 2.05) is 23.9 Å². The number of likely N-dealkylation sites (N-methyl/N-ethyl adjacent to an activating group) is 1. The highest BCUT2D eigenvalue weighted by Crippen LogP contribution is 2.39. The number of nitro benzene ring substituents is 1. The van der Waals surface area contributed by atoms with Gasteiger partial charge in [0.2, 0.25) is 10.0 Å². The van der Waals surface area contributed by atoms with E-state index in [1.54, 1.807) is 0 Å². The van der Waals surface area contributed by atoms with Gasteiger partial charge in [0.25, 0.3) is 5.69 Å². The zero-order chi connectivity index (χ0) is 21.9. The number of hydrogen-bond acceptors (Lipinski definition) is 8. The molecule has 0 bridgehead atoms. The van der Waals surface area contributed by atoms with Crippen molar-refractivity contribution in [3.8, 4) is 0 Å². The van der Waals surface area contributed by atoms with Crippen LogP contribution in [-0.4, -0.2) is 82.4 Å². The smallest absolute Gasteiger partial charge is 0.293 e. The van der Waals surface area contributed by atoms with Crippen LogP contribution in [0.15, 0.2) is 23.1 Å².